The van der Waals surface area contributed by atoms with Gasteiger partial charge in [0.25, 0.3) is 0 Å². The number of hydrogen-bond acceptors (Lipinski definition) is 4. The van der Waals surface area contributed by atoms with Gasteiger partial charge in [0, 0.05) is 38.0 Å². The molecule has 1 saturated heterocycles. The first-order chi connectivity index (χ1) is 12.3. The standard InChI is InChI=1S/C21H31NO3/c23-13-18(17-7-9-24-14-17)12-22-20-6-3-8-25-21-11-16-5-2-1-4-15(16)10-19(20)21/h10-11,17-18,20,22-23H,1-9,12-14H2. The Morgan fingerprint density at radius 1 is 1.08 bits per heavy atom. The van der Waals surface area contributed by atoms with Crippen LogP contribution in [0.2, 0.25) is 0 Å². The molecule has 1 aliphatic carbocycles. The van der Waals surface area contributed by atoms with E-state index >= 15 is 0 Å². The number of aryl methyl sites for hydroxylation is 2. The van der Waals surface area contributed by atoms with E-state index in [1.165, 1.54) is 42.4 Å². The summed E-state index contributed by atoms with van der Waals surface area (Å²) in [5.41, 5.74) is 4.34. The van der Waals surface area contributed by atoms with E-state index in [0.29, 0.717) is 12.0 Å². The average Bonchev–Trinajstić information content (AvgIpc) is 3.10. The molecule has 3 atom stereocenters. The van der Waals surface area contributed by atoms with Crippen LogP contribution in [0.15, 0.2) is 12.1 Å². The van der Waals surface area contributed by atoms with Crippen LogP contribution in [-0.4, -0.2) is 38.1 Å². The van der Waals surface area contributed by atoms with Gasteiger partial charge in [-0.1, -0.05) is 6.07 Å². The van der Waals surface area contributed by atoms with Gasteiger partial charge in [-0.25, -0.2) is 0 Å². The van der Waals surface area contributed by atoms with Crippen molar-refractivity contribution in [2.24, 2.45) is 11.8 Å². The summed E-state index contributed by atoms with van der Waals surface area (Å²) in [7, 11) is 0. The van der Waals surface area contributed by atoms with Crippen molar-refractivity contribution in [1.82, 2.24) is 5.32 Å². The number of nitrogens with one attached hydrogen (secondary N) is 1. The van der Waals surface area contributed by atoms with Crippen molar-refractivity contribution in [1.29, 1.82) is 0 Å². The molecule has 1 aromatic carbocycles. The minimum Gasteiger partial charge on any atom is -0.493 e. The van der Waals surface area contributed by atoms with Gasteiger partial charge < -0.3 is 19.9 Å². The van der Waals surface area contributed by atoms with E-state index in [-0.39, 0.29) is 12.5 Å². The van der Waals surface area contributed by atoms with Crippen LogP contribution in [-0.2, 0) is 17.6 Å². The normalized spacial score (nSPS) is 27.1. The Balaban J connectivity index is 1.50. The zero-order valence-electron chi connectivity index (χ0n) is 15.1. The number of benzene rings is 1. The number of hydrogen-bond donors (Lipinski definition) is 2. The maximum Gasteiger partial charge on any atom is 0.124 e. The van der Waals surface area contributed by atoms with E-state index in [1.807, 2.05) is 0 Å². The van der Waals surface area contributed by atoms with Crippen LogP contribution in [0.5, 0.6) is 5.75 Å². The predicted molar refractivity (Wildman–Crippen MR) is 98.1 cm³/mol. The van der Waals surface area contributed by atoms with Crippen LogP contribution >= 0.6 is 0 Å². The second kappa shape index (κ2) is 8.07. The van der Waals surface area contributed by atoms with Crippen LogP contribution in [0.1, 0.15) is 54.8 Å². The van der Waals surface area contributed by atoms with Crippen molar-refractivity contribution in [2.75, 3.05) is 33.0 Å². The van der Waals surface area contributed by atoms with Gasteiger partial charge in [-0.3, -0.25) is 0 Å². The molecule has 2 aliphatic heterocycles. The fourth-order valence-electron chi connectivity index (χ4n) is 4.62. The van der Waals surface area contributed by atoms with Crippen molar-refractivity contribution in [3.63, 3.8) is 0 Å². The van der Waals surface area contributed by atoms with Crippen molar-refractivity contribution in [3.05, 3.63) is 28.8 Å². The van der Waals surface area contributed by atoms with Crippen LogP contribution in [0.4, 0.5) is 0 Å². The summed E-state index contributed by atoms with van der Waals surface area (Å²) < 4.78 is 11.6. The molecule has 4 rings (SSSR count). The molecular formula is C21H31NO3. The number of ether oxygens (including phenoxy) is 2. The second-order valence-corrected chi connectivity index (χ2v) is 7.88. The highest BCUT2D eigenvalue weighted by Gasteiger charge is 2.28. The van der Waals surface area contributed by atoms with Gasteiger partial charge in [-0.2, -0.15) is 0 Å². The zero-order valence-corrected chi connectivity index (χ0v) is 15.1. The lowest BCUT2D eigenvalue weighted by atomic mass is 9.87. The fourth-order valence-corrected chi connectivity index (χ4v) is 4.62. The molecule has 0 bridgehead atoms. The first-order valence-corrected chi connectivity index (χ1v) is 10.1. The highest BCUT2D eigenvalue weighted by Crippen LogP contribution is 2.36. The molecule has 0 spiro atoms. The largest absolute Gasteiger partial charge is 0.493 e. The lowest BCUT2D eigenvalue weighted by Crippen LogP contribution is -2.33. The fraction of sp³-hybridized carbons (Fsp3) is 0.714. The van der Waals surface area contributed by atoms with E-state index in [0.717, 1.165) is 51.4 Å². The number of fused-ring (bicyclic) bond motifs is 2. The molecule has 3 unspecified atom stereocenters. The summed E-state index contributed by atoms with van der Waals surface area (Å²) in [6.07, 6.45) is 8.25. The van der Waals surface area contributed by atoms with E-state index in [2.05, 4.69) is 17.4 Å². The van der Waals surface area contributed by atoms with Crippen LogP contribution in [0, 0.1) is 11.8 Å². The highest BCUT2D eigenvalue weighted by molar-refractivity contribution is 5.46. The monoisotopic (exact) mass is 345 g/mol. The third-order valence-electron chi connectivity index (χ3n) is 6.24. The summed E-state index contributed by atoms with van der Waals surface area (Å²) in [5.74, 6) is 1.86. The van der Waals surface area contributed by atoms with E-state index in [1.54, 1.807) is 0 Å². The molecule has 2 heterocycles. The molecule has 1 aromatic rings. The highest BCUT2D eigenvalue weighted by atomic mass is 16.5. The van der Waals surface area contributed by atoms with Crippen molar-refractivity contribution in [2.45, 2.75) is 51.0 Å². The molecular weight excluding hydrogens is 314 g/mol. The van der Waals surface area contributed by atoms with Crippen molar-refractivity contribution in [3.8, 4) is 5.75 Å². The molecule has 2 N–H and O–H groups in total. The molecule has 4 heteroatoms. The van der Waals surface area contributed by atoms with Gasteiger partial charge in [0.1, 0.15) is 5.75 Å². The first-order valence-electron chi connectivity index (χ1n) is 10.1. The Bertz CT molecular complexity index is 583. The van der Waals surface area contributed by atoms with Crippen molar-refractivity contribution < 1.29 is 14.6 Å². The Kier molecular flexibility index (Phi) is 5.59. The molecule has 1 fully saturated rings. The maximum atomic E-state index is 9.80. The van der Waals surface area contributed by atoms with Crippen LogP contribution in [0.3, 0.4) is 0 Å². The predicted octanol–water partition coefficient (Wildman–Crippen LogP) is 3.01. The SMILES string of the molecule is OCC(CNC1CCCOc2cc3c(cc21)CCCC3)C1CCOC1. The summed E-state index contributed by atoms with van der Waals surface area (Å²) in [6.45, 7) is 3.54. The molecule has 0 aromatic heterocycles. The number of aliphatic hydroxyl groups is 1. The van der Waals surface area contributed by atoms with E-state index in [4.69, 9.17) is 9.47 Å². The molecule has 0 amide bonds. The quantitative estimate of drug-likeness (QED) is 0.861. The van der Waals surface area contributed by atoms with Crippen LogP contribution in [0.25, 0.3) is 0 Å². The molecule has 25 heavy (non-hydrogen) atoms. The topological polar surface area (TPSA) is 50.7 Å². The number of aliphatic hydroxyl groups excluding tert-OH is 1. The first kappa shape index (κ1) is 17.3. The summed E-state index contributed by atoms with van der Waals surface area (Å²) >= 11 is 0. The molecule has 0 radical (unpaired) electrons. The number of rotatable bonds is 5. The Morgan fingerprint density at radius 2 is 1.92 bits per heavy atom. The molecule has 4 nitrogen and oxygen atoms in total. The third kappa shape index (κ3) is 3.86. The lowest BCUT2D eigenvalue weighted by Gasteiger charge is -2.26. The summed E-state index contributed by atoms with van der Waals surface area (Å²) in [5, 5.41) is 13.6. The Morgan fingerprint density at radius 3 is 2.68 bits per heavy atom. The maximum absolute atomic E-state index is 9.80. The molecule has 138 valence electrons. The van der Waals surface area contributed by atoms with Gasteiger partial charge in [0.15, 0.2) is 0 Å². The van der Waals surface area contributed by atoms with Gasteiger partial charge in [0.2, 0.25) is 0 Å². The van der Waals surface area contributed by atoms with Gasteiger partial charge in [0.05, 0.1) is 6.61 Å². The minimum atomic E-state index is 0.237. The summed E-state index contributed by atoms with van der Waals surface area (Å²) in [4.78, 5) is 0. The Hall–Kier alpha value is -1.10. The summed E-state index contributed by atoms with van der Waals surface area (Å²) in [6, 6.07) is 5.04. The van der Waals surface area contributed by atoms with Gasteiger partial charge in [-0.05, 0) is 74.0 Å². The van der Waals surface area contributed by atoms with Gasteiger partial charge >= 0.3 is 0 Å². The Labute approximate surface area is 150 Å². The molecule has 3 aliphatic rings. The zero-order chi connectivity index (χ0) is 17.1. The third-order valence-corrected chi connectivity index (χ3v) is 6.24. The lowest BCUT2D eigenvalue weighted by molar-refractivity contribution is 0.136. The van der Waals surface area contributed by atoms with E-state index in [9.17, 15) is 5.11 Å². The molecule has 0 saturated carbocycles. The average molecular weight is 345 g/mol. The second-order valence-electron chi connectivity index (χ2n) is 7.88. The van der Waals surface area contributed by atoms with Crippen LogP contribution < -0.4 is 10.1 Å². The van der Waals surface area contributed by atoms with Gasteiger partial charge in [-0.15, -0.1) is 0 Å². The smallest absolute Gasteiger partial charge is 0.124 e. The van der Waals surface area contributed by atoms with E-state index < -0.39 is 0 Å². The minimum absolute atomic E-state index is 0.237. The van der Waals surface area contributed by atoms with Crippen molar-refractivity contribution >= 4 is 0 Å².